The Labute approximate surface area is 124 Å². The van der Waals surface area contributed by atoms with Gasteiger partial charge >= 0.3 is 0 Å². The molecule has 112 valence electrons. The van der Waals surface area contributed by atoms with Crippen molar-refractivity contribution in [2.24, 2.45) is 5.73 Å². The summed E-state index contributed by atoms with van der Waals surface area (Å²) in [5, 5.41) is 0. The first-order valence-electron chi connectivity index (χ1n) is 5.63. The van der Waals surface area contributed by atoms with E-state index in [4.69, 9.17) is 18.0 Å². The molecule has 0 aliphatic carbocycles. The SMILES string of the molecule is CS(=O)(=O)CCS(=O)(=O)Nc1ccc(CC(N)=S)cc1. The van der Waals surface area contributed by atoms with E-state index >= 15 is 0 Å². The van der Waals surface area contributed by atoms with Gasteiger partial charge in [0.15, 0.2) is 0 Å². The molecule has 0 saturated heterocycles. The zero-order valence-electron chi connectivity index (χ0n) is 10.9. The highest BCUT2D eigenvalue weighted by Crippen LogP contribution is 2.12. The van der Waals surface area contributed by atoms with Crippen molar-refractivity contribution in [3.05, 3.63) is 29.8 Å². The maximum absolute atomic E-state index is 11.7. The summed E-state index contributed by atoms with van der Waals surface area (Å²) in [5.74, 6) is -0.887. The average Bonchev–Trinajstić information content (AvgIpc) is 2.28. The normalized spacial score (nSPS) is 12.1. The van der Waals surface area contributed by atoms with Crippen LogP contribution < -0.4 is 10.5 Å². The summed E-state index contributed by atoms with van der Waals surface area (Å²) < 4.78 is 47.6. The van der Waals surface area contributed by atoms with Gasteiger partial charge in [-0.05, 0) is 17.7 Å². The molecule has 1 aromatic carbocycles. The largest absolute Gasteiger partial charge is 0.393 e. The zero-order chi connectivity index (χ0) is 15.4. The summed E-state index contributed by atoms with van der Waals surface area (Å²) in [7, 11) is -7.00. The number of rotatable bonds is 7. The van der Waals surface area contributed by atoms with Crippen LogP contribution in [0.1, 0.15) is 5.56 Å². The molecule has 6 nitrogen and oxygen atoms in total. The number of sulfone groups is 1. The van der Waals surface area contributed by atoms with Crippen LogP contribution in [0.25, 0.3) is 0 Å². The molecule has 0 radical (unpaired) electrons. The first-order valence-corrected chi connectivity index (χ1v) is 9.75. The second kappa shape index (κ2) is 6.51. The van der Waals surface area contributed by atoms with Crippen molar-refractivity contribution < 1.29 is 16.8 Å². The maximum atomic E-state index is 11.7. The third kappa shape index (κ3) is 6.83. The lowest BCUT2D eigenvalue weighted by molar-refractivity contribution is 0.593. The van der Waals surface area contributed by atoms with Gasteiger partial charge in [0.25, 0.3) is 0 Å². The topological polar surface area (TPSA) is 106 Å². The molecule has 3 N–H and O–H groups in total. The van der Waals surface area contributed by atoms with Crippen molar-refractivity contribution in [1.82, 2.24) is 0 Å². The summed E-state index contributed by atoms with van der Waals surface area (Å²) in [4.78, 5) is 0.353. The van der Waals surface area contributed by atoms with Crippen LogP contribution in [0.15, 0.2) is 24.3 Å². The first kappa shape index (κ1) is 16.9. The Morgan fingerprint density at radius 2 is 1.70 bits per heavy atom. The number of sulfonamides is 1. The van der Waals surface area contributed by atoms with E-state index in [9.17, 15) is 16.8 Å². The second-order valence-electron chi connectivity index (χ2n) is 4.39. The zero-order valence-corrected chi connectivity index (χ0v) is 13.3. The van der Waals surface area contributed by atoms with Crippen LogP contribution in [0.3, 0.4) is 0 Å². The van der Waals surface area contributed by atoms with Crippen molar-refractivity contribution in [3.63, 3.8) is 0 Å². The van der Waals surface area contributed by atoms with Gasteiger partial charge in [-0.2, -0.15) is 0 Å². The maximum Gasteiger partial charge on any atom is 0.233 e. The van der Waals surface area contributed by atoms with Crippen molar-refractivity contribution in [3.8, 4) is 0 Å². The number of nitrogens with two attached hydrogens (primary N) is 1. The van der Waals surface area contributed by atoms with Crippen molar-refractivity contribution in [1.29, 1.82) is 0 Å². The fraction of sp³-hybridized carbons (Fsp3) is 0.364. The van der Waals surface area contributed by atoms with E-state index in [2.05, 4.69) is 4.72 Å². The molecule has 0 heterocycles. The van der Waals surface area contributed by atoms with Gasteiger partial charge in [0.2, 0.25) is 10.0 Å². The Kier molecular flexibility index (Phi) is 5.49. The van der Waals surface area contributed by atoms with Gasteiger partial charge in [-0.25, -0.2) is 16.8 Å². The number of hydrogen-bond acceptors (Lipinski definition) is 5. The van der Waals surface area contributed by atoms with E-state index in [0.29, 0.717) is 17.1 Å². The predicted molar refractivity (Wildman–Crippen MR) is 84.1 cm³/mol. The molecule has 0 unspecified atom stereocenters. The molecule has 1 aromatic rings. The molecule has 0 aromatic heterocycles. The Morgan fingerprint density at radius 1 is 1.15 bits per heavy atom. The molecular formula is C11H16N2O4S3. The standard InChI is InChI=1S/C11H16N2O4S3/c1-19(14,15)6-7-20(16,17)13-10-4-2-9(3-5-10)8-11(12)18/h2-5,13H,6-8H2,1H3,(H2,12,18). The van der Waals surface area contributed by atoms with E-state index < -0.39 is 31.4 Å². The number of benzene rings is 1. The van der Waals surface area contributed by atoms with Gasteiger partial charge < -0.3 is 5.73 Å². The highest BCUT2D eigenvalue weighted by molar-refractivity contribution is 7.95. The second-order valence-corrected chi connectivity index (χ2v) is 9.02. The monoisotopic (exact) mass is 336 g/mol. The molecule has 0 bridgehead atoms. The van der Waals surface area contributed by atoms with Gasteiger partial charge in [-0.1, -0.05) is 24.4 Å². The van der Waals surface area contributed by atoms with Gasteiger partial charge in [0.05, 0.1) is 16.5 Å². The van der Waals surface area contributed by atoms with Gasteiger partial charge in [-0.3, -0.25) is 4.72 Å². The molecule has 0 amide bonds. The molecule has 20 heavy (non-hydrogen) atoms. The van der Waals surface area contributed by atoms with E-state index in [1.807, 2.05) is 0 Å². The van der Waals surface area contributed by atoms with Crippen molar-refractivity contribution in [2.75, 3.05) is 22.5 Å². The quantitative estimate of drug-likeness (QED) is 0.694. The molecule has 0 saturated carbocycles. The molecule has 1 rings (SSSR count). The lowest BCUT2D eigenvalue weighted by atomic mass is 10.1. The van der Waals surface area contributed by atoms with Crippen LogP contribution in [0.2, 0.25) is 0 Å². The Bertz CT molecular complexity index is 679. The highest BCUT2D eigenvalue weighted by Gasteiger charge is 2.14. The Hall–Kier alpha value is -1.19. The number of thiocarbonyl (C=S) groups is 1. The van der Waals surface area contributed by atoms with Crippen LogP contribution in [-0.4, -0.2) is 39.6 Å². The van der Waals surface area contributed by atoms with Crippen molar-refractivity contribution in [2.45, 2.75) is 6.42 Å². The fourth-order valence-electron chi connectivity index (χ4n) is 1.38. The van der Waals surface area contributed by atoms with Crippen molar-refractivity contribution >= 4 is 42.8 Å². The summed E-state index contributed by atoms with van der Waals surface area (Å²) in [5.41, 5.74) is 6.65. The smallest absolute Gasteiger partial charge is 0.233 e. The van der Waals surface area contributed by atoms with E-state index in [1.54, 1.807) is 24.3 Å². The minimum Gasteiger partial charge on any atom is -0.393 e. The van der Waals surface area contributed by atoms with Crippen LogP contribution in [0, 0.1) is 0 Å². The number of hydrogen-bond donors (Lipinski definition) is 2. The van der Waals surface area contributed by atoms with E-state index in [1.165, 1.54) is 0 Å². The highest BCUT2D eigenvalue weighted by atomic mass is 32.2. The Balaban J connectivity index is 2.70. The average molecular weight is 336 g/mol. The summed E-state index contributed by atoms with van der Waals surface area (Å²) >= 11 is 4.78. The molecule has 0 spiro atoms. The molecule has 9 heteroatoms. The summed E-state index contributed by atoms with van der Waals surface area (Å²) in [6, 6.07) is 6.55. The molecular weight excluding hydrogens is 320 g/mol. The lowest BCUT2D eigenvalue weighted by Gasteiger charge is -2.08. The number of anilines is 1. The predicted octanol–water partition coefficient (Wildman–Crippen LogP) is 0.301. The fourth-order valence-corrected chi connectivity index (χ4v) is 4.24. The minimum atomic E-state index is -3.68. The minimum absolute atomic E-state index is 0.353. The summed E-state index contributed by atoms with van der Waals surface area (Å²) in [6.45, 7) is 0. The van der Waals surface area contributed by atoms with Gasteiger partial charge in [-0.15, -0.1) is 0 Å². The first-order chi connectivity index (χ1) is 9.07. The lowest BCUT2D eigenvalue weighted by Crippen LogP contribution is -2.22. The van der Waals surface area contributed by atoms with E-state index in [-0.39, 0.29) is 0 Å². The molecule has 0 aliphatic heterocycles. The third-order valence-corrected chi connectivity index (χ3v) is 4.97. The third-order valence-electron chi connectivity index (χ3n) is 2.33. The molecule has 0 aliphatic rings. The van der Waals surface area contributed by atoms with Crippen LogP contribution in [0.4, 0.5) is 5.69 Å². The van der Waals surface area contributed by atoms with Gasteiger partial charge in [0, 0.05) is 18.4 Å². The van der Waals surface area contributed by atoms with Gasteiger partial charge in [0.1, 0.15) is 9.84 Å². The Morgan fingerprint density at radius 3 is 2.15 bits per heavy atom. The van der Waals surface area contributed by atoms with Crippen LogP contribution >= 0.6 is 12.2 Å². The van der Waals surface area contributed by atoms with Crippen LogP contribution in [0.5, 0.6) is 0 Å². The molecule has 0 fully saturated rings. The van der Waals surface area contributed by atoms with E-state index in [0.717, 1.165) is 11.8 Å². The molecule has 0 atom stereocenters. The summed E-state index contributed by atoms with van der Waals surface area (Å²) in [6.07, 6.45) is 1.43. The van der Waals surface area contributed by atoms with Crippen LogP contribution in [-0.2, 0) is 26.3 Å². The number of nitrogens with one attached hydrogen (secondary N) is 1.